The molecule has 0 unspecified atom stereocenters. The molecule has 2 fully saturated rings. The number of halogens is 3. The lowest BCUT2D eigenvalue weighted by molar-refractivity contribution is -0.138. The molecule has 0 radical (unpaired) electrons. The summed E-state index contributed by atoms with van der Waals surface area (Å²) in [6.45, 7) is 8.65. The van der Waals surface area contributed by atoms with E-state index in [-0.39, 0.29) is 16.7 Å². The maximum absolute atomic E-state index is 13.5. The molecule has 1 aromatic carbocycles. The Morgan fingerprint density at radius 3 is 2.42 bits per heavy atom. The van der Waals surface area contributed by atoms with E-state index in [4.69, 9.17) is 0 Å². The van der Waals surface area contributed by atoms with Gasteiger partial charge < -0.3 is 19.7 Å². The maximum Gasteiger partial charge on any atom is 0.416 e. The van der Waals surface area contributed by atoms with Crippen LogP contribution >= 0.6 is 0 Å². The van der Waals surface area contributed by atoms with E-state index in [9.17, 15) is 18.0 Å². The Balaban J connectivity index is 1.58. The molecule has 1 atom stereocenters. The summed E-state index contributed by atoms with van der Waals surface area (Å²) in [5, 5.41) is 13.7. The minimum absolute atomic E-state index is 0.0846. The van der Waals surface area contributed by atoms with Crippen LogP contribution in [0.1, 0.15) is 49.4 Å². The highest BCUT2D eigenvalue weighted by Gasteiger charge is 2.40. The maximum atomic E-state index is 13.5. The summed E-state index contributed by atoms with van der Waals surface area (Å²) in [6.07, 6.45) is -0.741. The summed E-state index contributed by atoms with van der Waals surface area (Å²) in [4.78, 5) is 17.5. The van der Waals surface area contributed by atoms with E-state index in [0.717, 1.165) is 50.5 Å². The average molecular weight is 501 g/mol. The first kappa shape index (κ1) is 24.5. The molecule has 0 amide bonds. The lowest BCUT2D eigenvalue weighted by atomic mass is 9.97. The molecule has 2 aliphatic rings. The Hall–Kier alpha value is -3.14. The van der Waals surface area contributed by atoms with Crippen molar-refractivity contribution in [1.82, 2.24) is 19.7 Å². The quantitative estimate of drug-likeness (QED) is 0.555. The van der Waals surface area contributed by atoms with Crippen LogP contribution in [0.3, 0.4) is 0 Å². The Bertz CT molecular complexity index is 1360. The summed E-state index contributed by atoms with van der Waals surface area (Å²) >= 11 is 0. The van der Waals surface area contributed by atoms with Crippen molar-refractivity contribution in [1.29, 1.82) is 0 Å². The Morgan fingerprint density at radius 2 is 1.78 bits per heavy atom. The lowest BCUT2D eigenvalue weighted by Crippen LogP contribution is -2.45. The molecule has 192 valence electrons. The molecule has 3 aromatic rings. The molecule has 1 saturated heterocycles. The molecule has 2 aromatic heterocycles. The normalized spacial score (nSPS) is 18.9. The van der Waals surface area contributed by atoms with Gasteiger partial charge in [0.1, 0.15) is 0 Å². The van der Waals surface area contributed by atoms with Gasteiger partial charge in [-0.3, -0.25) is 4.79 Å². The van der Waals surface area contributed by atoms with Crippen molar-refractivity contribution < 1.29 is 13.2 Å². The number of aromatic nitrogens is 3. The largest absolute Gasteiger partial charge is 0.416 e. The summed E-state index contributed by atoms with van der Waals surface area (Å²) < 4.78 is 42.2. The Kier molecular flexibility index (Phi) is 5.97. The van der Waals surface area contributed by atoms with Crippen LogP contribution in [-0.2, 0) is 11.7 Å². The summed E-state index contributed by atoms with van der Waals surface area (Å²) in [7, 11) is 2.07. The van der Waals surface area contributed by atoms with Gasteiger partial charge in [0, 0.05) is 54.8 Å². The van der Waals surface area contributed by atoms with E-state index < -0.39 is 17.8 Å². The van der Waals surface area contributed by atoms with Gasteiger partial charge in [0.2, 0.25) is 0 Å². The average Bonchev–Trinajstić information content (AvgIpc) is 3.57. The van der Waals surface area contributed by atoms with E-state index in [1.54, 1.807) is 16.7 Å². The van der Waals surface area contributed by atoms with Crippen molar-refractivity contribution in [3.8, 4) is 0 Å². The SMILES string of the molecule is Cc1c([C@@H](C)Nc2nnc(N3CCN(C)CC3)c3cc(=O)n(C4(C)CC4)cc23)cccc1C(F)(F)F. The molecule has 36 heavy (non-hydrogen) atoms. The van der Waals surface area contributed by atoms with Crippen LogP contribution in [0.5, 0.6) is 0 Å². The molecule has 1 aliphatic carbocycles. The first-order chi connectivity index (χ1) is 17.0. The topological polar surface area (TPSA) is 66.3 Å². The molecule has 1 saturated carbocycles. The van der Waals surface area contributed by atoms with E-state index in [2.05, 4.69) is 39.3 Å². The van der Waals surface area contributed by atoms with Crippen molar-refractivity contribution in [2.45, 2.75) is 51.4 Å². The van der Waals surface area contributed by atoms with E-state index in [1.165, 1.54) is 13.0 Å². The second kappa shape index (κ2) is 8.76. The van der Waals surface area contributed by atoms with Crippen molar-refractivity contribution in [2.75, 3.05) is 43.4 Å². The fraction of sp³-hybridized carbons (Fsp3) is 0.500. The highest BCUT2D eigenvalue weighted by atomic mass is 19.4. The minimum atomic E-state index is -4.42. The van der Waals surface area contributed by atoms with Crippen molar-refractivity contribution in [3.05, 3.63) is 57.5 Å². The third-order valence-electron chi connectivity index (χ3n) is 7.65. The van der Waals surface area contributed by atoms with Gasteiger partial charge in [0.25, 0.3) is 5.56 Å². The number of rotatable bonds is 5. The number of hydrogen-bond donors (Lipinski definition) is 1. The second-order valence-electron chi connectivity index (χ2n) is 10.4. The number of nitrogens with zero attached hydrogens (tertiary/aromatic N) is 5. The monoisotopic (exact) mass is 500 g/mol. The van der Waals surface area contributed by atoms with Crippen molar-refractivity contribution in [2.24, 2.45) is 0 Å². The zero-order chi connectivity index (χ0) is 25.8. The van der Waals surface area contributed by atoms with Crippen LogP contribution in [0, 0.1) is 6.92 Å². The number of nitrogens with one attached hydrogen (secondary N) is 1. The van der Waals surface area contributed by atoms with Gasteiger partial charge in [-0.1, -0.05) is 12.1 Å². The molecule has 5 rings (SSSR count). The number of likely N-dealkylation sites (N-methyl/N-ethyl adjacent to an activating group) is 1. The van der Waals surface area contributed by atoms with Crippen LogP contribution in [-0.4, -0.2) is 52.9 Å². The molecule has 10 heteroatoms. The molecular weight excluding hydrogens is 469 g/mol. The predicted octanol–water partition coefficient (Wildman–Crippen LogP) is 4.55. The Labute approximate surface area is 207 Å². The first-order valence-electron chi connectivity index (χ1n) is 12.3. The Morgan fingerprint density at radius 1 is 1.08 bits per heavy atom. The zero-order valence-electron chi connectivity index (χ0n) is 21.0. The molecule has 3 heterocycles. The standard InChI is InChI=1S/C26H31F3N6O/c1-16-18(6-5-7-21(16)26(27,28)29)17(2)30-23-20-15-35(25(3)8-9-25)22(36)14-19(20)24(32-31-23)34-12-10-33(4)11-13-34/h5-7,14-15,17H,8-13H2,1-4H3,(H,30,31)/t17-/m1/s1. The number of alkyl halides is 3. The van der Waals surface area contributed by atoms with Gasteiger partial charge in [0.05, 0.1) is 11.6 Å². The number of benzene rings is 1. The summed E-state index contributed by atoms with van der Waals surface area (Å²) in [6, 6.07) is 5.39. The van der Waals surface area contributed by atoms with Crippen LogP contribution < -0.4 is 15.8 Å². The van der Waals surface area contributed by atoms with Crippen LogP contribution in [0.15, 0.2) is 35.3 Å². The lowest BCUT2D eigenvalue weighted by Gasteiger charge is -2.33. The van der Waals surface area contributed by atoms with Gasteiger partial charge in [-0.05, 0) is 57.9 Å². The fourth-order valence-corrected chi connectivity index (χ4v) is 5.03. The number of anilines is 2. The van der Waals surface area contributed by atoms with Gasteiger partial charge >= 0.3 is 6.18 Å². The van der Waals surface area contributed by atoms with Crippen LogP contribution in [0.25, 0.3) is 10.8 Å². The first-order valence-corrected chi connectivity index (χ1v) is 12.3. The predicted molar refractivity (Wildman–Crippen MR) is 135 cm³/mol. The smallest absolute Gasteiger partial charge is 0.361 e. The highest BCUT2D eigenvalue weighted by Crippen LogP contribution is 2.43. The molecule has 0 spiro atoms. The number of pyridine rings is 1. The van der Waals surface area contributed by atoms with Crippen molar-refractivity contribution >= 4 is 22.4 Å². The number of piperazine rings is 1. The summed E-state index contributed by atoms with van der Waals surface area (Å²) in [5.74, 6) is 1.11. The van der Waals surface area contributed by atoms with Gasteiger partial charge in [0.15, 0.2) is 11.6 Å². The third kappa shape index (κ3) is 4.42. The zero-order valence-corrected chi connectivity index (χ0v) is 21.0. The molecular formula is C26H31F3N6O. The van der Waals surface area contributed by atoms with Crippen molar-refractivity contribution in [3.63, 3.8) is 0 Å². The molecule has 7 nitrogen and oxygen atoms in total. The molecule has 0 bridgehead atoms. The molecule has 1 aliphatic heterocycles. The fourth-order valence-electron chi connectivity index (χ4n) is 5.03. The van der Waals surface area contributed by atoms with Gasteiger partial charge in [-0.15, -0.1) is 10.2 Å². The van der Waals surface area contributed by atoms with E-state index >= 15 is 0 Å². The second-order valence-corrected chi connectivity index (χ2v) is 10.4. The van der Waals surface area contributed by atoms with Gasteiger partial charge in [-0.25, -0.2) is 0 Å². The van der Waals surface area contributed by atoms with E-state index in [0.29, 0.717) is 22.6 Å². The minimum Gasteiger partial charge on any atom is -0.361 e. The summed E-state index contributed by atoms with van der Waals surface area (Å²) in [5.41, 5.74) is -0.239. The number of fused-ring (bicyclic) bond motifs is 1. The van der Waals surface area contributed by atoms with E-state index in [1.807, 2.05) is 13.1 Å². The van der Waals surface area contributed by atoms with Crippen LogP contribution in [0.2, 0.25) is 0 Å². The van der Waals surface area contributed by atoms with Crippen LogP contribution in [0.4, 0.5) is 24.8 Å². The van der Waals surface area contributed by atoms with Gasteiger partial charge in [-0.2, -0.15) is 13.2 Å². The molecule has 1 N–H and O–H groups in total. The third-order valence-corrected chi connectivity index (χ3v) is 7.65. The number of hydrogen-bond acceptors (Lipinski definition) is 6. The highest BCUT2D eigenvalue weighted by molar-refractivity contribution is 5.98.